The summed E-state index contributed by atoms with van der Waals surface area (Å²) in [6.07, 6.45) is 7.62. The summed E-state index contributed by atoms with van der Waals surface area (Å²) < 4.78 is 5.10. The molecule has 0 saturated carbocycles. The van der Waals surface area contributed by atoms with Crippen molar-refractivity contribution in [2.75, 3.05) is 6.61 Å². The highest BCUT2D eigenvalue weighted by molar-refractivity contribution is 5.93. The summed E-state index contributed by atoms with van der Waals surface area (Å²) in [5, 5.41) is 0. The van der Waals surface area contributed by atoms with Crippen molar-refractivity contribution in [3.63, 3.8) is 0 Å². The van der Waals surface area contributed by atoms with Crippen LogP contribution in [0.15, 0.2) is 42.5 Å². The van der Waals surface area contributed by atoms with Gasteiger partial charge in [0.05, 0.1) is 6.04 Å². The fraction of sp³-hybridized carbons (Fsp3) is 0.500. The molecule has 1 saturated heterocycles. The first-order valence-electron chi connectivity index (χ1n) is 8.77. The molecule has 1 fully saturated rings. The Kier molecular flexibility index (Phi) is 7.04. The van der Waals surface area contributed by atoms with Crippen LogP contribution in [0.3, 0.4) is 0 Å². The standard InChI is InChI=1S/C20H27NO3/c1-16(2)10-6-3-4-9-13-19(22)21-18(15-24-20(21)23)14-17-11-7-5-8-12-17/h5-8,10-12,16,18H,3-4,9,13-15H2,1-2H3/t18-/m1/s1. The Labute approximate surface area is 144 Å². The van der Waals surface area contributed by atoms with Crippen molar-refractivity contribution in [1.82, 2.24) is 4.90 Å². The van der Waals surface area contributed by atoms with Gasteiger partial charge in [-0.05, 0) is 37.2 Å². The van der Waals surface area contributed by atoms with Crippen molar-refractivity contribution >= 4 is 12.0 Å². The third-order valence-electron chi connectivity index (χ3n) is 4.08. The minimum Gasteiger partial charge on any atom is -0.447 e. The van der Waals surface area contributed by atoms with Crippen LogP contribution >= 0.6 is 0 Å². The molecular weight excluding hydrogens is 302 g/mol. The second-order valence-electron chi connectivity index (χ2n) is 6.60. The van der Waals surface area contributed by atoms with Crippen LogP contribution in [0.4, 0.5) is 4.79 Å². The summed E-state index contributed by atoms with van der Waals surface area (Å²) in [6, 6.07) is 9.71. The predicted molar refractivity (Wildman–Crippen MR) is 94.6 cm³/mol. The number of cyclic esters (lactones) is 1. The first-order chi connectivity index (χ1) is 11.6. The van der Waals surface area contributed by atoms with Crippen molar-refractivity contribution < 1.29 is 14.3 Å². The molecule has 0 spiro atoms. The Hall–Kier alpha value is -2.10. The smallest absolute Gasteiger partial charge is 0.416 e. The lowest BCUT2D eigenvalue weighted by Crippen LogP contribution is -2.40. The van der Waals surface area contributed by atoms with Crippen molar-refractivity contribution in [2.45, 2.75) is 52.0 Å². The molecule has 130 valence electrons. The van der Waals surface area contributed by atoms with Crippen molar-refractivity contribution in [3.8, 4) is 0 Å². The van der Waals surface area contributed by atoms with Crippen LogP contribution in [0.1, 0.15) is 45.1 Å². The molecule has 0 aromatic heterocycles. The van der Waals surface area contributed by atoms with Gasteiger partial charge in [0.1, 0.15) is 6.61 Å². The van der Waals surface area contributed by atoms with Gasteiger partial charge >= 0.3 is 6.09 Å². The molecule has 0 aliphatic carbocycles. The number of allylic oxidation sites excluding steroid dienone is 2. The third-order valence-corrected chi connectivity index (χ3v) is 4.08. The van der Waals surface area contributed by atoms with E-state index in [-0.39, 0.29) is 18.6 Å². The summed E-state index contributed by atoms with van der Waals surface area (Å²) in [5.41, 5.74) is 1.11. The number of imide groups is 1. The van der Waals surface area contributed by atoms with Gasteiger partial charge < -0.3 is 4.74 Å². The number of hydrogen-bond donors (Lipinski definition) is 0. The average Bonchev–Trinajstić information content (AvgIpc) is 2.92. The van der Waals surface area contributed by atoms with E-state index in [2.05, 4.69) is 26.0 Å². The van der Waals surface area contributed by atoms with Gasteiger partial charge in [-0.25, -0.2) is 9.69 Å². The van der Waals surface area contributed by atoms with Gasteiger partial charge in [-0.3, -0.25) is 4.79 Å². The normalized spacial score (nSPS) is 17.7. The molecule has 0 radical (unpaired) electrons. The highest BCUT2D eigenvalue weighted by Gasteiger charge is 2.37. The van der Waals surface area contributed by atoms with Crippen LogP contribution < -0.4 is 0 Å². The van der Waals surface area contributed by atoms with E-state index in [1.165, 1.54) is 4.90 Å². The van der Waals surface area contributed by atoms with Gasteiger partial charge in [0.25, 0.3) is 0 Å². The van der Waals surface area contributed by atoms with Crippen LogP contribution in [0.2, 0.25) is 0 Å². The van der Waals surface area contributed by atoms with Crippen molar-refractivity contribution in [3.05, 3.63) is 48.0 Å². The number of hydrogen-bond acceptors (Lipinski definition) is 3. The highest BCUT2D eigenvalue weighted by Crippen LogP contribution is 2.19. The van der Waals surface area contributed by atoms with Crippen molar-refractivity contribution in [1.29, 1.82) is 0 Å². The molecule has 0 bridgehead atoms. The van der Waals surface area contributed by atoms with E-state index < -0.39 is 6.09 Å². The molecule has 1 aliphatic rings. The second kappa shape index (κ2) is 9.26. The van der Waals surface area contributed by atoms with E-state index >= 15 is 0 Å². The van der Waals surface area contributed by atoms with Gasteiger partial charge in [0.2, 0.25) is 5.91 Å². The molecular formula is C20H27NO3. The first kappa shape index (κ1) is 18.2. The summed E-state index contributed by atoms with van der Waals surface area (Å²) in [5.74, 6) is 0.441. The first-order valence-corrected chi connectivity index (χ1v) is 8.77. The van der Waals surface area contributed by atoms with Gasteiger partial charge in [0, 0.05) is 6.42 Å². The fourth-order valence-corrected chi connectivity index (χ4v) is 2.83. The molecule has 0 unspecified atom stereocenters. The Morgan fingerprint density at radius 1 is 1.29 bits per heavy atom. The Morgan fingerprint density at radius 3 is 2.75 bits per heavy atom. The monoisotopic (exact) mass is 329 g/mol. The highest BCUT2D eigenvalue weighted by atomic mass is 16.6. The summed E-state index contributed by atoms with van der Waals surface area (Å²) in [4.78, 5) is 25.6. The molecule has 1 atom stereocenters. The number of amides is 2. The molecule has 4 nitrogen and oxygen atoms in total. The van der Waals surface area contributed by atoms with E-state index in [0.29, 0.717) is 18.8 Å². The van der Waals surface area contributed by atoms with Crippen LogP contribution in [0, 0.1) is 5.92 Å². The lowest BCUT2D eigenvalue weighted by Gasteiger charge is -2.19. The average molecular weight is 329 g/mol. The van der Waals surface area contributed by atoms with Crippen molar-refractivity contribution in [2.24, 2.45) is 5.92 Å². The predicted octanol–water partition coefficient (Wildman–Crippen LogP) is 4.35. The van der Waals surface area contributed by atoms with E-state index in [1.807, 2.05) is 30.3 Å². The molecule has 0 N–H and O–H groups in total. The Morgan fingerprint density at radius 2 is 2.04 bits per heavy atom. The van der Waals surface area contributed by atoms with Crippen LogP contribution in [-0.4, -0.2) is 29.5 Å². The zero-order chi connectivity index (χ0) is 17.4. The number of carbonyl (C=O) groups is 2. The quantitative estimate of drug-likeness (QED) is 0.526. The van der Waals surface area contributed by atoms with E-state index in [1.54, 1.807) is 0 Å². The van der Waals surface area contributed by atoms with Gasteiger partial charge in [-0.2, -0.15) is 0 Å². The largest absolute Gasteiger partial charge is 0.447 e. The topological polar surface area (TPSA) is 46.6 Å². The molecule has 1 aromatic carbocycles. The maximum atomic E-state index is 12.4. The number of carbonyl (C=O) groups excluding carboxylic acids is 2. The molecule has 24 heavy (non-hydrogen) atoms. The second-order valence-corrected chi connectivity index (χ2v) is 6.60. The van der Waals surface area contributed by atoms with E-state index in [4.69, 9.17) is 4.74 Å². The number of ether oxygens (including phenoxy) is 1. The molecule has 2 amide bonds. The van der Waals surface area contributed by atoms with Gasteiger partial charge in [0.15, 0.2) is 0 Å². The van der Waals surface area contributed by atoms with Crippen LogP contribution in [0.25, 0.3) is 0 Å². The van der Waals surface area contributed by atoms with Gasteiger partial charge in [-0.15, -0.1) is 0 Å². The van der Waals surface area contributed by atoms with Gasteiger partial charge in [-0.1, -0.05) is 56.3 Å². The van der Waals surface area contributed by atoms with Crippen LogP contribution in [-0.2, 0) is 16.0 Å². The molecule has 2 rings (SSSR count). The lowest BCUT2D eigenvalue weighted by atomic mass is 10.1. The SMILES string of the molecule is CC(C)C=CCCCCC(=O)N1C(=O)OC[C@H]1Cc1ccccc1. The van der Waals surface area contributed by atoms with E-state index in [0.717, 1.165) is 24.8 Å². The maximum absolute atomic E-state index is 12.4. The molecule has 4 heteroatoms. The fourth-order valence-electron chi connectivity index (χ4n) is 2.83. The maximum Gasteiger partial charge on any atom is 0.416 e. The lowest BCUT2D eigenvalue weighted by molar-refractivity contribution is -0.129. The number of benzene rings is 1. The Balaban J connectivity index is 1.81. The van der Waals surface area contributed by atoms with Crippen LogP contribution in [0.5, 0.6) is 0 Å². The molecule has 1 aromatic rings. The summed E-state index contributed by atoms with van der Waals surface area (Å²) in [6.45, 7) is 4.58. The number of rotatable bonds is 8. The number of nitrogens with zero attached hydrogens (tertiary/aromatic N) is 1. The summed E-state index contributed by atoms with van der Waals surface area (Å²) in [7, 11) is 0. The minimum absolute atomic E-state index is 0.119. The molecule has 1 heterocycles. The minimum atomic E-state index is -0.499. The summed E-state index contributed by atoms with van der Waals surface area (Å²) >= 11 is 0. The third kappa shape index (κ3) is 5.52. The molecule has 1 aliphatic heterocycles. The zero-order valence-corrected chi connectivity index (χ0v) is 14.6. The number of unbranched alkanes of at least 4 members (excludes halogenated alkanes) is 2. The Bertz CT molecular complexity index is 566. The zero-order valence-electron chi connectivity index (χ0n) is 14.6. The van der Waals surface area contributed by atoms with E-state index in [9.17, 15) is 9.59 Å².